The molecule has 0 radical (unpaired) electrons. The molecule has 0 unspecified atom stereocenters. The van der Waals surface area contributed by atoms with Gasteiger partial charge in [0.2, 0.25) is 0 Å². The number of aliphatic imine (C=N–C) groups is 1. The van der Waals surface area contributed by atoms with Gasteiger partial charge in [0.15, 0.2) is 0 Å². The highest BCUT2D eigenvalue weighted by atomic mass is 19.1. The average Bonchev–Trinajstić information content (AvgIpc) is 2.28. The van der Waals surface area contributed by atoms with Gasteiger partial charge in [-0.2, -0.15) is 0 Å². The number of amidine groups is 1. The maximum absolute atomic E-state index is 13.3. The van der Waals surface area contributed by atoms with E-state index < -0.39 is 11.8 Å². The van der Waals surface area contributed by atoms with E-state index in [2.05, 4.69) is 16.8 Å². The molecule has 0 spiro atoms. The van der Waals surface area contributed by atoms with Crippen molar-refractivity contribution in [2.45, 2.75) is 6.54 Å². The smallest absolute Gasteiger partial charge is 0.375 e. The molecule has 0 atom stereocenters. The summed E-state index contributed by atoms with van der Waals surface area (Å²) in [4.78, 5) is 13.9. The van der Waals surface area contributed by atoms with Crippen LogP contribution in [-0.4, -0.2) is 35.7 Å². The van der Waals surface area contributed by atoms with Crippen LogP contribution < -0.4 is 0 Å². The summed E-state index contributed by atoms with van der Waals surface area (Å²) >= 11 is 0. The van der Waals surface area contributed by atoms with Crippen LogP contribution in [0.25, 0.3) is 0 Å². The van der Waals surface area contributed by atoms with Crippen LogP contribution in [0.4, 0.5) is 4.39 Å². The second-order valence-corrected chi connectivity index (χ2v) is 3.29. The quantitative estimate of drug-likeness (QED) is 0.490. The maximum Gasteiger partial charge on any atom is 0.375 e. The fraction of sp³-hybridized carbons (Fsp3) is 0.182. The minimum atomic E-state index is -1.28. The second-order valence-electron chi connectivity index (χ2n) is 3.29. The van der Waals surface area contributed by atoms with Crippen LogP contribution in [0.3, 0.4) is 0 Å². The number of benzene rings is 1. The largest absolute Gasteiger partial charge is 0.475 e. The number of halogens is 1. The zero-order valence-electron chi connectivity index (χ0n) is 9.30. The van der Waals surface area contributed by atoms with E-state index in [1.165, 1.54) is 18.1 Å². The van der Waals surface area contributed by atoms with Gasteiger partial charge in [0.05, 0.1) is 6.54 Å². The molecule has 1 aromatic rings. The number of rotatable bonds is 3. The van der Waals surface area contributed by atoms with E-state index in [0.29, 0.717) is 5.56 Å². The fourth-order valence-electron chi connectivity index (χ4n) is 1.21. The van der Waals surface area contributed by atoms with E-state index in [4.69, 9.17) is 5.11 Å². The Morgan fingerprint density at radius 1 is 1.53 bits per heavy atom. The first-order valence-electron chi connectivity index (χ1n) is 4.77. The van der Waals surface area contributed by atoms with Gasteiger partial charge in [0, 0.05) is 12.6 Å². The standard InChI is InChI=1S/C11H12FN3O2/c1-13-10(11(16)17)14-15(2)7-8-5-3-4-6-9(8)12/h3-6H,1,7H2,2H3,(H,16,17)/b14-10-. The molecule has 0 aliphatic carbocycles. The third-order valence-electron chi connectivity index (χ3n) is 1.96. The third-order valence-corrected chi connectivity index (χ3v) is 1.96. The van der Waals surface area contributed by atoms with Crippen molar-refractivity contribution in [1.29, 1.82) is 0 Å². The van der Waals surface area contributed by atoms with Crippen LogP contribution in [0, 0.1) is 5.82 Å². The molecule has 0 saturated heterocycles. The Balaban J connectivity index is 2.80. The van der Waals surface area contributed by atoms with Gasteiger partial charge < -0.3 is 5.11 Å². The van der Waals surface area contributed by atoms with Crippen molar-refractivity contribution in [1.82, 2.24) is 5.01 Å². The average molecular weight is 237 g/mol. The molecule has 6 heteroatoms. The van der Waals surface area contributed by atoms with Gasteiger partial charge in [0.25, 0.3) is 5.84 Å². The van der Waals surface area contributed by atoms with Crippen molar-refractivity contribution in [3.8, 4) is 0 Å². The van der Waals surface area contributed by atoms with Gasteiger partial charge in [0.1, 0.15) is 5.82 Å². The maximum atomic E-state index is 13.3. The van der Waals surface area contributed by atoms with Crippen LogP contribution in [0.1, 0.15) is 5.56 Å². The Labute approximate surface area is 97.9 Å². The molecule has 0 amide bonds. The van der Waals surface area contributed by atoms with Crippen LogP contribution in [0.5, 0.6) is 0 Å². The highest BCUT2D eigenvalue weighted by molar-refractivity contribution is 6.35. The van der Waals surface area contributed by atoms with E-state index in [1.807, 2.05) is 0 Å². The molecule has 17 heavy (non-hydrogen) atoms. The summed E-state index contributed by atoms with van der Waals surface area (Å²) in [5.74, 6) is -2.07. The Hall–Kier alpha value is -2.24. The molecule has 1 N–H and O–H groups in total. The van der Waals surface area contributed by atoms with E-state index in [-0.39, 0.29) is 12.4 Å². The first-order chi connectivity index (χ1) is 8.04. The zero-order chi connectivity index (χ0) is 12.8. The molecule has 5 nitrogen and oxygen atoms in total. The first-order valence-corrected chi connectivity index (χ1v) is 4.77. The lowest BCUT2D eigenvalue weighted by molar-refractivity contribution is -0.129. The summed E-state index contributed by atoms with van der Waals surface area (Å²) in [6.07, 6.45) is 0. The summed E-state index contributed by atoms with van der Waals surface area (Å²) in [7, 11) is 1.53. The zero-order valence-corrected chi connectivity index (χ0v) is 9.30. The molecule has 0 aromatic heterocycles. The molecule has 1 aromatic carbocycles. The lowest BCUT2D eigenvalue weighted by Crippen LogP contribution is -2.18. The van der Waals surface area contributed by atoms with E-state index in [9.17, 15) is 9.18 Å². The van der Waals surface area contributed by atoms with Gasteiger partial charge >= 0.3 is 5.97 Å². The van der Waals surface area contributed by atoms with Crippen molar-refractivity contribution in [3.05, 3.63) is 35.6 Å². The van der Waals surface area contributed by atoms with Crippen LogP contribution in [0.2, 0.25) is 0 Å². The highest BCUT2D eigenvalue weighted by Crippen LogP contribution is 2.09. The van der Waals surface area contributed by atoms with E-state index in [1.54, 1.807) is 18.2 Å². The van der Waals surface area contributed by atoms with Gasteiger partial charge in [-0.1, -0.05) is 18.2 Å². The number of hydrogen-bond donors (Lipinski definition) is 1. The molecule has 0 fully saturated rings. The number of carbonyl (C=O) groups is 1. The Morgan fingerprint density at radius 2 is 2.18 bits per heavy atom. The van der Waals surface area contributed by atoms with Gasteiger partial charge in [-0.15, -0.1) is 5.10 Å². The number of hydrazone groups is 1. The van der Waals surface area contributed by atoms with E-state index >= 15 is 0 Å². The Kier molecular flexibility index (Phi) is 4.33. The molecule has 0 heterocycles. The van der Waals surface area contributed by atoms with Crippen molar-refractivity contribution in [3.63, 3.8) is 0 Å². The summed E-state index contributed by atoms with van der Waals surface area (Å²) in [6.45, 7) is 3.25. The lowest BCUT2D eigenvalue weighted by atomic mass is 10.2. The molecule has 0 bridgehead atoms. The predicted molar refractivity (Wildman–Crippen MR) is 62.5 cm³/mol. The number of hydrogen-bond acceptors (Lipinski definition) is 3. The van der Waals surface area contributed by atoms with Gasteiger partial charge in [-0.05, 0) is 12.8 Å². The number of nitrogens with zero attached hydrogens (tertiary/aromatic N) is 3. The highest BCUT2D eigenvalue weighted by Gasteiger charge is 2.09. The second kappa shape index (κ2) is 5.74. The van der Waals surface area contributed by atoms with Gasteiger partial charge in [-0.25, -0.2) is 14.2 Å². The van der Waals surface area contributed by atoms with Crippen LogP contribution >= 0.6 is 0 Å². The molecule has 0 aliphatic rings. The molecule has 1 rings (SSSR count). The lowest BCUT2D eigenvalue weighted by Gasteiger charge is -2.13. The normalized spacial score (nSPS) is 11.1. The summed E-state index contributed by atoms with van der Waals surface area (Å²) in [5.41, 5.74) is 0.424. The Morgan fingerprint density at radius 3 is 2.71 bits per heavy atom. The minimum absolute atomic E-state index is 0.152. The molecule has 0 aliphatic heterocycles. The number of aliphatic carboxylic acids is 1. The van der Waals surface area contributed by atoms with Crippen LogP contribution in [0.15, 0.2) is 34.4 Å². The van der Waals surface area contributed by atoms with Crippen molar-refractivity contribution >= 4 is 18.5 Å². The Bertz CT molecular complexity index is 460. The van der Waals surface area contributed by atoms with Crippen molar-refractivity contribution < 1.29 is 14.3 Å². The van der Waals surface area contributed by atoms with Gasteiger partial charge in [-0.3, -0.25) is 5.01 Å². The molecule has 0 saturated carbocycles. The topological polar surface area (TPSA) is 65.3 Å². The number of carboxylic acid groups (broad SMARTS) is 1. The summed E-state index contributed by atoms with van der Waals surface area (Å²) < 4.78 is 13.3. The third kappa shape index (κ3) is 3.67. The van der Waals surface area contributed by atoms with Crippen molar-refractivity contribution in [2.24, 2.45) is 10.1 Å². The number of carboxylic acids is 1. The molecule has 90 valence electrons. The van der Waals surface area contributed by atoms with Crippen molar-refractivity contribution in [2.75, 3.05) is 7.05 Å². The first kappa shape index (κ1) is 12.8. The predicted octanol–water partition coefficient (Wildman–Crippen LogP) is 1.36. The van der Waals surface area contributed by atoms with Crippen LogP contribution in [-0.2, 0) is 11.3 Å². The molecular formula is C11H12FN3O2. The monoisotopic (exact) mass is 237 g/mol. The molecular weight excluding hydrogens is 225 g/mol. The van der Waals surface area contributed by atoms with E-state index in [0.717, 1.165) is 0 Å². The summed E-state index contributed by atoms with van der Waals surface area (Å²) in [5, 5.41) is 13.7. The minimum Gasteiger partial charge on any atom is -0.475 e. The summed E-state index contributed by atoms with van der Waals surface area (Å²) in [6, 6.07) is 6.20. The fourth-order valence-corrected chi connectivity index (χ4v) is 1.21. The SMILES string of the molecule is C=N/C(=N\N(C)Cc1ccccc1F)C(=O)O.